The Kier molecular flexibility index (Phi) is 6.31. The molecule has 0 heterocycles. The summed E-state index contributed by atoms with van der Waals surface area (Å²) in [5, 5.41) is 7.91. The van der Waals surface area contributed by atoms with Crippen LogP contribution in [0, 0.1) is 5.82 Å². The topological polar surface area (TPSA) is 70.2 Å². The van der Waals surface area contributed by atoms with Gasteiger partial charge in [-0.25, -0.2) is 9.18 Å². The van der Waals surface area contributed by atoms with E-state index in [0.717, 1.165) is 11.1 Å². The summed E-state index contributed by atoms with van der Waals surface area (Å²) < 4.78 is 12.9. The van der Waals surface area contributed by atoms with Gasteiger partial charge in [0.25, 0.3) is 0 Å². The van der Waals surface area contributed by atoms with E-state index in [1.807, 2.05) is 30.3 Å². The number of hydrogen-bond donors (Lipinski definition) is 3. The third-order valence-electron chi connectivity index (χ3n) is 3.45. The molecule has 24 heavy (non-hydrogen) atoms. The van der Waals surface area contributed by atoms with Gasteiger partial charge in [0, 0.05) is 6.54 Å². The van der Waals surface area contributed by atoms with E-state index in [1.165, 1.54) is 12.1 Å². The third-order valence-corrected chi connectivity index (χ3v) is 3.45. The van der Waals surface area contributed by atoms with E-state index in [1.54, 1.807) is 19.1 Å². The Morgan fingerprint density at radius 3 is 2.33 bits per heavy atom. The fourth-order valence-electron chi connectivity index (χ4n) is 2.13. The van der Waals surface area contributed by atoms with Crippen molar-refractivity contribution in [2.24, 2.45) is 0 Å². The number of amides is 3. The molecule has 0 saturated heterocycles. The SMILES string of the molecule is C[C@H](NC(=O)CNC(=O)NCc1ccccc1)c1ccc(F)cc1. The summed E-state index contributed by atoms with van der Waals surface area (Å²) in [5.41, 5.74) is 1.76. The molecule has 2 aromatic rings. The second-order valence-electron chi connectivity index (χ2n) is 5.36. The number of carbonyl (C=O) groups excluding carboxylic acids is 2. The van der Waals surface area contributed by atoms with Gasteiger partial charge >= 0.3 is 6.03 Å². The first-order valence-electron chi connectivity index (χ1n) is 7.65. The molecule has 1 atom stereocenters. The molecule has 2 rings (SSSR count). The molecule has 0 fully saturated rings. The number of benzene rings is 2. The van der Waals surface area contributed by atoms with Gasteiger partial charge in [-0.2, -0.15) is 0 Å². The van der Waals surface area contributed by atoms with Crippen molar-refractivity contribution >= 4 is 11.9 Å². The first kappa shape index (κ1) is 17.5. The summed E-state index contributed by atoms with van der Waals surface area (Å²) in [6.45, 7) is 2.05. The molecule has 3 amide bonds. The smallest absolute Gasteiger partial charge is 0.315 e. The van der Waals surface area contributed by atoms with Gasteiger partial charge in [0.05, 0.1) is 12.6 Å². The van der Waals surface area contributed by atoms with Crippen LogP contribution in [0.1, 0.15) is 24.1 Å². The molecule has 0 aliphatic heterocycles. The molecule has 0 unspecified atom stereocenters. The summed E-state index contributed by atoms with van der Waals surface area (Å²) >= 11 is 0. The quantitative estimate of drug-likeness (QED) is 0.762. The molecular formula is C18H20FN3O2. The molecular weight excluding hydrogens is 309 g/mol. The van der Waals surface area contributed by atoms with Crippen molar-refractivity contribution in [2.75, 3.05) is 6.54 Å². The molecule has 0 saturated carbocycles. The molecule has 6 heteroatoms. The highest BCUT2D eigenvalue weighted by atomic mass is 19.1. The summed E-state index contributed by atoms with van der Waals surface area (Å²) in [6.07, 6.45) is 0. The average Bonchev–Trinajstić information content (AvgIpc) is 2.59. The molecule has 0 aliphatic carbocycles. The van der Waals surface area contributed by atoms with E-state index < -0.39 is 6.03 Å². The van der Waals surface area contributed by atoms with Gasteiger partial charge in [-0.1, -0.05) is 42.5 Å². The average molecular weight is 329 g/mol. The zero-order valence-electron chi connectivity index (χ0n) is 13.4. The highest BCUT2D eigenvalue weighted by molar-refractivity contribution is 5.84. The van der Waals surface area contributed by atoms with Crippen LogP contribution in [0.2, 0.25) is 0 Å². The number of hydrogen-bond acceptors (Lipinski definition) is 2. The minimum absolute atomic E-state index is 0.133. The molecule has 0 aromatic heterocycles. The van der Waals surface area contributed by atoms with Crippen molar-refractivity contribution in [1.82, 2.24) is 16.0 Å². The summed E-state index contributed by atoms with van der Waals surface area (Å²) in [5.74, 6) is -0.643. The lowest BCUT2D eigenvalue weighted by Gasteiger charge is -2.15. The first-order chi connectivity index (χ1) is 11.5. The molecule has 0 radical (unpaired) electrons. The third kappa shape index (κ3) is 5.72. The van der Waals surface area contributed by atoms with Crippen molar-refractivity contribution in [2.45, 2.75) is 19.5 Å². The van der Waals surface area contributed by atoms with Crippen LogP contribution in [0.5, 0.6) is 0 Å². The number of carbonyl (C=O) groups is 2. The van der Waals surface area contributed by atoms with Gasteiger partial charge < -0.3 is 16.0 Å². The molecule has 3 N–H and O–H groups in total. The molecule has 126 valence electrons. The zero-order valence-corrected chi connectivity index (χ0v) is 13.4. The van der Waals surface area contributed by atoms with Crippen molar-refractivity contribution in [3.05, 3.63) is 71.5 Å². The molecule has 0 spiro atoms. The predicted octanol–water partition coefficient (Wildman–Crippen LogP) is 2.50. The van der Waals surface area contributed by atoms with E-state index in [2.05, 4.69) is 16.0 Å². The van der Waals surface area contributed by atoms with Gasteiger partial charge in [0.15, 0.2) is 0 Å². The van der Waals surface area contributed by atoms with Gasteiger partial charge in [-0.15, -0.1) is 0 Å². The summed E-state index contributed by atoms with van der Waals surface area (Å²) in [7, 11) is 0. The minimum Gasteiger partial charge on any atom is -0.348 e. The number of rotatable bonds is 6. The highest BCUT2D eigenvalue weighted by Gasteiger charge is 2.10. The maximum atomic E-state index is 12.9. The summed E-state index contributed by atoms with van der Waals surface area (Å²) in [4.78, 5) is 23.5. The number of halogens is 1. The lowest BCUT2D eigenvalue weighted by atomic mass is 10.1. The Balaban J connectivity index is 1.70. The highest BCUT2D eigenvalue weighted by Crippen LogP contribution is 2.12. The van der Waals surface area contributed by atoms with Crippen LogP contribution in [0.4, 0.5) is 9.18 Å². The zero-order chi connectivity index (χ0) is 17.4. The second kappa shape index (κ2) is 8.67. The molecule has 5 nitrogen and oxygen atoms in total. The lowest BCUT2D eigenvalue weighted by Crippen LogP contribution is -2.42. The Labute approximate surface area is 140 Å². The van der Waals surface area contributed by atoms with Crippen molar-refractivity contribution in [1.29, 1.82) is 0 Å². The van der Waals surface area contributed by atoms with Crippen LogP contribution < -0.4 is 16.0 Å². The largest absolute Gasteiger partial charge is 0.348 e. The number of urea groups is 1. The Morgan fingerprint density at radius 1 is 1.00 bits per heavy atom. The maximum absolute atomic E-state index is 12.9. The van der Waals surface area contributed by atoms with Gasteiger partial charge in [-0.05, 0) is 30.2 Å². The van der Waals surface area contributed by atoms with Crippen molar-refractivity contribution in [3.8, 4) is 0 Å². The summed E-state index contributed by atoms with van der Waals surface area (Å²) in [6, 6.07) is 14.7. The van der Waals surface area contributed by atoms with Crippen molar-refractivity contribution in [3.63, 3.8) is 0 Å². The van der Waals surface area contributed by atoms with Crippen LogP contribution in [0.25, 0.3) is 0 Å². The van der Waals surface area contributed by atoms with E-state index in [4.69, 9.17) is 0 Å². The lowest BCUT2D eigenvalue weighted by molar-refractivity contribution is -0.120. The van der Waals surface area contributed by atoms with Gasteiger partial charge in [-0.3, -0.25) is 4.79 Å². The van der Waals surface area contributed by atoms with E-state index in [0.29, 0.717) is 6.54 Å². The number of nitrogens with one attached hydrogen (secondary N) is 3. The van der Waals surface area contributed by atoms with Crippen molar-refractivity contribution < 1.29 is 14.0 Å². The first-order valence-corrected chi connectivity index (χ1v) is 7.65. The fraction of sp³-hybridized carbons (Fsp3) is 0.222. The molecule has 0 aliphatic rings. The van der Waals surface area contributed by atoms with Crippen LogP contribution in [0.15, 0.2) is 54.6 Å². The van der Waals surface area contributed by atoms with Gasteiger partial charge in [0.1, 0.15) is 5.82 Å². The standard InChI is InChI=1S/C18H20FN3O2/c1-13(15-7-9-16(19)10-8-15)22-17(23)12-21-18(24)20-11-14-5-3-2-4-6-14/h2-10,13H,11-12H2,1H3,(H,22,23)(H2,20,21,24)/t13-/m0/s1. The normalized spacial score (nSPS) is 11.4. The Hall–Kier alpha value is -2.89. The van der Waals surface area contributed by atoms with E-state index in [-0.39, 0.29) is 24.3 Å². The van der Waals surface area contributed by atoms with E-state index in [9.17, 15) is 14.0 Å². The van der Waals surface area contributed by atoms with E-state index >= 15 is 0 Å². The minimum atomic E-state index is -0.413. The maximum Gasteiger partial charge on any atom is 0.315 e. The Morgan fingerprint density at radius 2 is 1.67 bits per heavy atom. The predicted molar refractivity (Wildman–Crippen MR) is 89.6 cm³/mol. The molecule has 2 aromatic carbocycles. The fourth-order valence-corrected chi connectivity index (χ4v) is 2.13. The Bertz CT molecular complexity index is 674. The second-order valence-corrected chi connectivity index (χ2v) is 5.36. The molecule has 0 bridgehead atoms. The van der Waals surface area contributed by atoms with Crippen LogP contribution in [-0.4, -0.2) is 18.5 Å². The van der Waals surface area contributed by atoms with Gasteiger partial charge in [0.2, 0.25) is 5.91 Å². The monoisotopic (exact) mass is 329 g/mol. The van der Waals surface area contributed by atoms with Crippen LogP contribution in [0.3, 0.4) is 0 Å². The van der Waals surface area contributed by atoms with Crippen LogP contribution in [-0.2, 0) is 11.3 Å². The van der Waals surface area contributed by atoms with Crippen LogP contribution >= 0.6 is 0 Å².